The maximum absolute atomic E-state index is 12.4. The van der Waals surface area contributed by atoms with E-state index in [9.17, 15) is 13.2 Å². The number of carbonyl (C=O) groups excluding carboxylic acids is 1. The first-order chi connectivity index (χ1) is 10.3. The highest BCUT2D eigenvalue weighted by molar-refractivity contribution is 7.89. The largest absolute Gasteiger partial charge is 0.355 e. The van der Waals surface area contributed by atoms with E-state index in [1.54, 1.807) is 24.3 Å². The molecule has 124 valence electrons. The van der Waals surface area contributed by atoms with Crippen molar-refractivity contribution >= 4 is 15.9 Å². The molecule has 0 spiro atoms. The van der Waals surface area contributed by atoms with Crippen LogP contribution in [0.3, 0.4) is 0 Å². The van der Waals surface area contributed by atoms with Gasteiger partial charge in [0.25, 0.3) is 0 Å². The molecule has 1 atom stereocenters. The van der Waals surface area contributed by atoms with Crippen LogP contribution in [0.5, 0.6) is 0 Å². The third-order valence-corrected chi connectivity index (χ3v) is 4.69. The van der Waals surface area contributed by atoms with Crippen LogP contribution in [-0.2, 0) is 14.8 Å². The van der Waals surface area contributed by atoms with Gasteiger partial charge in [-0.3, -0.25) is 4.79 Å². The maximum atomic E-state index is 12.4. The molecule has 1 unspecified atom stereocenters. The van der Waals surface area contributed by atoms with E-state index in [0.29, 0.717) is 13.0 Å². The van der Waals surface area contributed by atoms with E-state index in [1.165, 1.54) is 0 Å². The minimum Gasteiger partial charge on any atom is -0.355 e. The third-order valence-electron chi connectivity index (χ3n) is 3.20. The van der Waals surface area contributed by atoms with E-state index >= 15 is 0 Å². The van der Waals surface area contributed by atoms with Gasteiger partial charge in [-0.15, -0.1) is 0 Å². The summed E-state index contributed by atoms with van der Waals surface area (Å²) in [5, 5.41) is 2.76. The van der Waals surface area contributed by atoms with Gasteiger partial charge in [-0.2, -0.15) is 4.72 Å². The van der Waals surface area contributed by atoms with Gasteiger partial charge in [0.2, 0.25) is 15.9 Å². The quantitative estimate of drug-likeness (QED) is 0.769. The number of sulfonamides is 1. The van der Waals surface area contributed by atoms with Crippen LogP contribution in [0.2, 0.25) is 0 Å². The van der Waals surface area contributed by atoms with Crippen LogP contribution in [0.15, 0.2) is 29.2 Å². The average Bonchev–Trinajstić information content (AvgIpc) is 2.43. The first kappa shape index (κ1) is 18.6. The predicted octanol–water partition coefficient (Wildman–Crippen LogP) is 2.21. The third kappa shape index (κ3) is 5.77. The fourth-order valence-electron chi connectivity index (χ4n) is 2.02. The molecule has 22 heavy (non-hydrogen) atoms. The van der Waals surface area contributed by atoms with Gasteiger partial charge in [0, 0.05) is 6.54 Å². The monoisotopic (exact) mass is 326 g/mol. The van der Waals surface area contributed by atoms with Crippen LogP contribution in [0.1, 0.15) is 39.2 Å². The van der Waals surface area contributed by atoms with E-state index in [4.69, 9.17) is 0 Å². The SMILES string of the molecule is CCCNC(=O)C(CC(C)C)NS(=O)(=O)c1ccc(C)cc1. The highest BCUT2D eigenvalue weighted by Gasteiger charge is 2.26. The highest BCUT2D eigenvalue weighted by Crippen LogP contribution is 2.13. The molecule has 2 N–H and O–H groups in total. The lowest BCUT2D eigenvalue weighted by Crippen LogP contribution is -2.47. The normalized spacial score (nSPS) is 13.1. The summed E-state index contributed by atoms with van der Waals surface area (Å²) < 4.78 is 27.4. The lowest BCUT2D eigenvalue weighted by atomic mass is 10.0. The molecular weight excluding hydrogens is 300 g/mol. The fraction of sp³-hybridized carbons (Fsp3) is 0.562. The zero-order chi connectivity index (χ0) is 16.8. The number of nitrogens with one attached hydrogen (secondary N) is 2. The molecule has 0 heterocycles. The van der Waals surface area contributed by atoms with E-state index in [1.807, 2.05) is 27.7 Å². The van der Waals surface area contributed by atoms with Crippen molar-refractivity contribution in [2.45, 2.75) is 51.5 Å². The van der Waals surface area contributed by atoms with Crippen molar-refractivity contribution in [2.75, 3.05) is 6.54 Å². The molecule has 0 radical (unpaired) electrons. The molecule has 0 fully saturated rings. The Hall–Kier alpha value is -1.40. The summed E-state index contributed by atoms with van der Waals surface area (Å²) in [6.45, 7) is 8.30. The first-order valence-corrected chi connectivity index (χ1v) is 9.11. The molecular formula is C16H26N2O3S. The van der Waals surface area contributed by atoms with Crippen LogP contribution in [0, 0.1) is 12.8 Å². The second-order valence-corrected chi connectivity index (χ2v) is 7.62. The Balaban J connectivity index is 2.91. The van der Waals surface area contributed by atoms with Crippen LogP contribution in [0.25, 0.3) is 0 Å². The number of carbonyl (C=O) groups is 1. The van der Waals surface area contributed by atoms with E-state index in [-0.39, 0.29) is 16.7 Å². The lowest BCUT2D eigenvalue weighted by Gasteiger charge is -2.20. The fourth-order valence-corrected chi connectivity index (χ4v) is 3.23. The Morgan fingerprint density at radius 1 is 1.18 bits per heavy atom. The standard InChI is InChI=1S/C16H26N2O3S/c1-5-10-17-16(19)15(11-12(2)3)18-22(20,21)14-8-6-13(4)7-9-14/h6-9,12,15,18H,5,10-11H2,1-4H3,(H,17,19). The topological polar surface area (TPSA) is 75.3 Å². The molecule has 0 aromatic heterocycles. The summed E-state index contributed by atoms with van der Waals surface area (Å²) in [6, 6.07) is 5.83. The summed E-state index contributed by atoms with van der Waals surface area (Å²) in [6.07, 6.45) is 1.27. The number of amides is 1. The van der Waals surface area contributed by atoms with Crippen molar-refractivity contribution in [3.63, 3.8) is 0 Å². The van der Waals surface area contributed by atoms with Gasteiger partial charge in [0.1, 0.15) is 6.04 Å². The molecule has 1 aromatic carbocycles. The zero-order valence-electron chi connectivity index (χ0n) is 13.7. The average molecular weight is 326 g/mol. The van der Waals surface area contributed by atoms with Crippen LogP contribution in [0.4, 0.5) is 0 Å². The molecule has 1 amide bonds. The van der Waals surface area contributed by atoms with Gasteiger partial charge in [0.05, 0.1) is 4.90 Å². The van der Waals surface area contributed by atoms with Crippen molar-refractivity contribution < 1.29 is 13.2 Å². The Bertz CT molecular complexity index is 580. The Labute approximate surface area is 133 Å². The number of hydrogen-bond donors (Lipinski definition) is 2. The van der Waals surface area contributed by atoms with Gasteiger partial charge in [-0.1, -0.05) is 38.5 Å². The molecule has 1 rings (SSSR count). The minimum atomic E-state index is -3.70. The number of benzene rings is 1. The van der Waals surface area contributed by atoms with Crippen molar-refractivity contribution in [1.82, 2.24) is 10.0 Å². The summed E-state index contributed by atoms with van der Waals surface area (Å²) in [5.74, 6) is -0.0654. The predicted molar refractivity (Wildman–Crippen MR) is 88.0 cm³/mol. The van der Waals surface area contributed by atoms with Gasteiger partial charge in [-0.05, 0) is 37.8 Å². The number of aryl methyl sites for hydroxylation is 1. The van der Waals surface area contributed by atoms with Gasteiger partial charge in [0.15, 0.2) is 0 Å². The number of rotatable bonds is 8. The molecule has 0 bridgehead atoms. The summed E-state index contributed by atoms with van der Waals surface area (Å²) in [5.41, 5.74) is 0.985. The second-order valence-electron chi connectivity index (χ2n) is 5.91. The molecule has 0 aliphatic carbocycles. The van der Waals surface area contributed by atoms with Crippen molar-refractivity contribution in [3.8, 4) is 0 Å². The molecule has 5 nitrogen and oxygen atoms in total. The summed E-state index contributed by atoms with van der Waals surface area (Å²) in [7, 11) is -3.70. The van der Waals surface area contributed by atoms with E-state index in [0.717, 1.165) is 12.0 Å². The first-order valence-electron chi connectivity index (χ1n) is 7.63. The zero-order valence-corrected chi connectivity index (χ0v) is 14.5. The smallest absolute Gasteiger partial charge is 0.241 e. The highest BCUT2D eigenvalue weighted by atomic mass is 32.2. The molecule has 6 heteroatoms. The van der Waals surface area contributed by atoms with Crippen molar-refractivity contribution in [2.24, 2.45) is 5.92 Å². The molecule has 0 aliphatic heterocycles. The minimum absolute atomic E-state index is 0.176. The lowest BCUT2D eigenvalue weighted by molar-refractivity contribution is -0.123. The summed E-state index contributed by atoms with van der Waals surface area (Å²) >= 11 is 0. The second kappa shape index (κ2) is 8.29. The Morgan fingerprint density at radius 3 is 2.27 bits per heavy atom. The van der Waals surface area contributed by atoms with Gasteiger partial charge >= 0.3 is 0 Å². The molecule has 0 saturated carbocycles. The summed E-state index contributed by atoms with van der Waals surface area (Å²) in [4.78, 5) is 12.3. The molecule has 0 aliphatic rings. The van der Waals surface area contributed by atoms with Crippen LogP contribution >= 0.6 is 0 Å². The molecule has 1 aromatic rings. The van der Waals surface area contributed by atoms with Crippen molar-refractivity contribution in [1.29, 1.82) is 0 Å². The Kier molecular flexibility index (Phi) is 7.03. The van der Waals surface area contributed by atoms with Crippen molar-refractivity contribution in [3.05, 3.63) is 29.8 Å². The molecule has 0 saturated heterocycles. The van der Waals surface area contributed by atoms with E-state index in [2.05, 4.69) is 10.0 Å². The van der Waals surface area contributed by atoms with E-state index < -0.39 is 16.1 Å². The van der Waals surface area contributed by atoms with Crippen LogP contribution < -0.4 is 10.0 Å². The van der Waals surface area contributed by atoms with Gasteiger partial charge in [-0.25, -0.2) is 8.42 Å². The van der Waals surface area contributed by atoms with Gasteiger partial charge < -0.3 is 5.32 Å². The van der Waals surface area contributed by atoms with Crippen LogP contribution in [-0.4, -0.2) is 26.9 Å². The number of hydrogen-bond acceptors (Lipinski definition) is 3. The Morgan fingerprint density at radius 2 is 1.77 bits per heavy atom. The maximum Gasteiger partial charge on any atom is 0.241 e.